The van der Waals surface area contributed by atoms with E-state index in [1.165, 1.54) is 12.1 Å². The molecule has 0 spiro atoms. The zero-order chi connectivity index (χ0) is 18.2. The molecule has 0 bridgehead atoms. The third-order valence-electron chi connectivity index (χ3n) is 4.74. The zero-order valence-electron chi connectivity index (χ0n) is 15.0. The van der Waals surface area contributed by atoms with Crippen molar-refractivity contribution in [3.63, 3.8) is 0 Å². The molecular weight excluding hydrogens is 317 g/mol. The monoisotopic (exact) mass is 341 g/mol. The fraction of sp³-hybridized carbons (Fsp3) is 0.350. The molecule has 2 heterocycles. The Bertz CT molecular complexity index is 756. The van der Waals surface area contributed by atoms with Gasteiger partial charge in [-0.25, -0.2) is 4.39 Å². The molecule has 2 aliphatic rings. The first kappa shape index (κ1) is 17.3. The number of hydrogen-bond acceptors (Lipinski definition) is 3. The Morgan fingerprint density at radius 3 is 2.56 bits per heavy atom. The van der Waals surface area contributed by atoms with E-state index >= 15 is 0 Å². The van der Waals surface area contributed by atoms with Crippen molar-refractivity contribution in [1.29, 1.82) is 0 Å². The van der Waals surface area contributed by atoms with Crippen molar-refractivity contribution in [3.8, 4) is 0 Å². The van der Waals surface area contributed by atoms with Crippen molar-refractivity contribution in [3.05, 3.63) is 65.8 Å². The van der Waals surface area contributed by atoms with Gasteiger partial charge in [0.05, 0.1) is 11.4 Å². The van der Waals surface area contributed by atoms with Crippen LogP contribution in [0, 0.1) is 11.2 Å². The number of nitrogens with one attached hydrogen (secondary N) is 2. The van der Waals surface area contributed by atoms with Crippen molar-refractivity contribution in [2.75, 3.05) is 0 Å². The molecule has 0 saturated heterocycles. The van der Waals surface area contributed by atoms with Gasteiger partial charge in [0.25, 0.3) is 5.91 Å². The van der Waals surface area contributed by atoms with Crippen LogP contribution in [-0.4, -0.2) is 23.0 Å². The number of amides is 1. The lowest BCUT2D eigenvalue weighted by molar-refractivity contribution is -0.126. The smallest absolute Gasteiger partial charge is 0.264 e. The Balaban J connectivity index is 1.85. The van der Waals surface area contributed by atoms with Gasteiger partial charge in [-0.1, -0.05) is 26.8 Å². The van der Waals surface area contributed by atoms with Gasteiger partial charge < -0.3 is 15.5 Å². The summed E-state index contributed by atoms with van der Waals surface area (Å²) in [5.74, 6) is -0.367. The van der Waals surface area contributed by atoms with Crippen LogP contribution in [-0.2, 0) is 4.79 Å². The van der Waals surface area contributed by atoms with Crippen molar-refractivity contribution >= 4 is 11.6 Å². The van der Waals surface area contributed by atoms with E-state index in [1.807, 2.05) is 36.3 Å². The summed E-state index contributed by atoms with van der Waals surface area (Å²) in [5, 5.41) is 6.38. The predicted molar refractivity (Wildman–Crippen MR) is 97.4 cm³/mol. The molecule has 5 heteroatoms. The number of halogens is 1. The molecule has 0 aromatic heterocycles. The van der Waals surface area contributed by atoms with Gasteiger partial charge in [-0.15, -0.1) is 0 Å². The molecule has 4 nitrogen and oxygen atoms in total. The van der Waals surface area contributed by atoms with Gasteiger partial charge >= 0.3 is 0 Å². The third-order valence-corrected chi connectivity index (χ3v) is 4.74. The van der Waals surface area contributed by atoms with Crippen LogP contribution in [0.4, 0.5) is 4.39 Å². The van der Waals surface area contributed by atoms with Gasteiger partial charge in [-0.2, -0.15) is 0 Å². The fourth-order valence-corrected chi connectivity index (χ4v) is 2.72. The Labute approximate surface area is 148 Å². The number of fused-ring (bicyclic) bond motifs is 1. The third kappa shape index (κ3) is 3.45. The second kappa shape index (κ2) is 6.39. The molecular formula is C20H24FN3O. The number of nitrogens with zero attached hydrogens (tertiary/aromatic N) is 1. The van der Waals surface area contributed by atoms with E-state index in [0.717, 1.165) is 17.0 Å². The maximum absolute atomic E-state index is 13.2. The minimum absolute atomic E-state index is 0.0258. The summed E-state index contributed by atoms with van der Waals surface area (Å²) in [7, 11) is 0. The lowest BCUT2D eigenvalue weighted by Gasteiger charge is -2.31. The van der Waals surface area contributed by atoms with E-state index in [-0.39, 0.29) is 23.2 Å². The molecule has 2 aliphatic heterocycles. The van der Waals surface area contributed by atoms with Gasteiger partial charge in [-0.05, 0) is 54.3 Å². The molecule has 1 amide bonds. The molecule has 25 heavy (non-hydrogen) atoms. The van der Waals surface area contributed by atoms with E-state index in [1.54, 1.807) is 12.1 Å². The second-order valence-electron chi connectivity index (χ2n) is 7.52. The van der Waals surface area contributed by atoms with E-state index in [2.05, 4.69) is 31.4 Å². The van der Waals surface area contributed by atoms with Crippen LogP contribution < -0.4 is 10.6 Å². The Morgan fingerprint density at radius 1 is 1.24 bits per heavy atom. The number of hydrogen-bond donors (Lipinski definition) is 2. The summed E-state index contributed by atoms with van der Waals surface area (Å²) in [4.78, 5) is 14.7. The predicted octanol–water partition coefficient (Wildman–Crippen LogP) is 3.36. The summed E-state index contributed by atoms with van der Waals surface area (Å²) in [6, 6.07) is 6.31. The van der Waals surface area contributed by atoms with E-state index in [4.69, 9.17) is 0 Å². The van der Waals surface area contributed by atoms with Crippen LogP contribution in [0.5, 0.6) is 0 Å². The molecule has 132 valence electrons. The van der Waals surface area contributed by atoms with Gasteiger partial charge in [0.1, 0.15) is 5.82 Å². The standard InChI is InChI=1S/C20H24FN3O/c1-13(20(2,3)4)22-19(25)18-23-17(14-8-10-15(21)11-9-14)16-7-5-6-12-24(16)18/h5-13,18,23H,1-4H3,(H,22,25)/t13-,18?/m1/s1. The van der Waals surface area contributed by atoms with Crippen LogP contribution in [0.15, 0.2) is 54.4 Å². The Hall–Kier alpha value is -2.56. The molecule has 2 N–H and O–H groups in total. The molecule has 1 aromatic rings. The number of rotatable bonds is 3. The normalized spacial score (nSPS) is 20.4. The van der Waals surface area contributed by atoms with E-state index in [0.29, 0.717) is 0 Å². The Morgan fingerprint density at radius 2 is 1.92 bits per heavy atom. The minimum atomic E-state index is -0.527. The summed E-state index contributed by atoms with van der Waals surface area (Å²) in [6.45, 7) is 8.29. The van der Waals surface area contributed by atoms with Gasteiger partial charge in [0, 0.05) is 12.2 Å². The molecule has 2 atom stereocenters. The van der Waals surface area contributed by atoms with Crippen LogP contribution in [0.3, 0.4) is 0 Å². The number of allylic oxidation sites excluding steroid dienone is 3. The van der Waals surface area contributed by atoms with Crippen LogP contribution >= 0.6 is 0 Å². The quantitative estimate of drug-likeness (QED) is 0.886. The van der Waals surface area contributed by atoms with Crippen molar-refractivity contribution in [2.45, 2.75) is 39.9 Å². The van der Waals surface area contributed by atoms with E-state index < -0.39 is 6.17 Å². The average Bonchev–Trinajstić information content (AvgIpc) is 2.94. The molecule has 0 radical (unpaired) electrons. The molecule has 0 aliphatic carbocycles. The van der Waals surface area contributed by atoms with Gasteiger partial charge in [0.15, 0.2) is 6.17 Å². The SMILES string of the molecule is C[C@@H](NC(=O)C1NC(c2ccc(F)cc2)=C2C=CC=CN21)C(C)(C)C. The van der Waals surface area contributed by atoms with Crippen LogP contribution in [0.1, 0.15) is 33.3 Å². The lowest BCUT2D eigenvalue weighted by Crippen LogP contribution is -2.52. The summed E-state index contributed by atoms with van der Waals surface area (Å²) in [5.41, 5.74) is 2.55. The summed E-state index contributed by atoms with van der Waals surface area (Å²) in [6.07, 6.45) is 7.12. The molecule has 1 unspecified atom stereocenters. The topological polar surface area (TPSA) is 44.4 Å². The second-order valence-corrected chi connectivity index (χ2v) is 7.52. The van der Waals surface area contributed by atoms with Crippen molar-refractivity contribution in [2.24, 2.45) is 5.41 Å². The lowest BCUT2D eigenvalue weighted by atomic mass is 9.88. The number of carbonyl (C=O) groups excluding carboxylic acids is 1. The van der Waals surface area contributed by atoms with Crippen molar-refractivity contribution < 1.29 is 9.18 Å². The average molecular weight is 341 g/mol. The maximum Gasteiger partial charge on any atom is 0.264 e. The molecule has 3 rings (SSSR count). The molecule has 0 saturated carbocycles. The Kier molecular flexibility index (Phi) is 4.41. The first-order valence-corrected chi connectivity index (χ1v) is 8.48. The molecule has 0 fully saturated rings. The first-order chi connectivity index (χ1) is 11.8. The van der Waals surface area contributed by atoms with Crippen LogP contribution in [0.25, 0.3) is 5.70 Å². The number of benzene rings is 1. The highest BCUT2D eigenvalue weighted by atomic mass is 19.1. The summed E-state index contributed by atoms with van der Waals surface area (Å²) >= 11 is 0. The maximum atomic E-state index is 13.2. The van der Waals surface area contributed by atoms with Crippen molar-refractivity contribution in [1.82, 2.24) is 15.5 Å². The first-order valence-electron chi connectivity index (χ1n) is 8.48. The highest BCUT2D eigenvalue weighted by molar-refractivity contribution is 5.87. The van der Waals surface area contributed by atoms with Gasteiger partial charge in [0.2, 0.25) is 0 Å². The highest BCUT2D eigenvalue weighted by Crippen LogP contribution is 2.31. The largest absolute Gasteiger partial charge is 0.355 e. The highest BCUT2D eigenvalue weighted by Gasteiger charge is 2.36. The van der Waals surface area contributed by atoms with Gasteiger partial charge in [-0.3, -0.25) is 4.79 Å². The fourth-order valence-electron chi connectivity index (χ4n) is 2.72. The van der Waals surface area contributed by atoms with E-state index in [9.17, 15) is 9.18 Å². The summed E-state index contributed by atoms with van der Waals surface area (Å²) < 4.78 is 13.2. The zero-order valence-corrected chi connectivity index (χ0v) is 15.0. The number of carbonyl (C=O) groups is 1. The van der Waals surface area contributed by atoms with Crippen LogP contribution in [0.2, 0.25) is 0 Å². The molecule has 1 aromatic carbocycles. The minimum Gasteiger partial charge on any atom is -0.355 e.